The van der Waals surface area contributed by atoms with Crippen LogP contribution in [0, 0.1) is 5.92 Å². The van der Waals surface area contributed by atoms with Crippen molar-refractivity contribution < 1.29 is 23.9 Å². The standard InChI is InChI=1S/C19H23N5O5S/c1-2-29-19(28)24-7-5-13(6-8-24)21-16(26)9-14-11-30-18(22-14)23-17(27)12-3-4-15(25)20-10-12/h3-4,10-13H,2,5-9H2,1H3,(H,21,26)(H,22,23,27). The number of thiazole rings is 1. The highest BCUT2D eigenvalue weighted by Gasteiger charge is 2.25. The summed E-state index contributed by atoms with van der Waals surface area (Å²) in [7, 11) is 0. The van der Waals surface area contributed by atoms with Crippen LogP contribution in [0.5, 0.6) is 0 Å². The van der Waals surface area contributed by atoms with Crippen molar-refractivity contribution in [3.05, 3.63) is 23.2 Å². The maximum atomic E-state index is 12.3. The average Bonchev–Trinajstić information content (AvgIpc) is 3.15. The smallest absolute Gasteiger partial charge is 0.409 e. The van der Waals surface area contributed by atoms with Gasteiger partial charge >= 0.3 is 6.09 Å². The number of nitrogens with zero attached hydrogens (tertiary/aromatic N) is 3. The van der Waals surface area contributed by atoms with Gasteiger partial charge in [0.1, 0.15) is 0 Å². The van der Waals surface area contributed by atoms with Crippen molar-refractivity contribution >= 4 is 46.5 Å². The second-order valence-electron chi connectivity index (χ2n) is 6.84. The molecule has 0 saturated carbocycles. The van der Waals surface area contributed by atoms with E-state index in [9.17, 15) is 19.2 Å². The molecule has 30 heavy (non-hydrogen) atoms. The van der Waals surface area contributed by atoms with Crippen LogP contribution in [-0.4, -0.2) is 65.7 Å². The molecule has 4 amide bonds. The zero-order valence-corrected chi connectivity index (χ0v) is 17.3. The van der Waals surface area contributed by atoms with Crippen LogP contribution in [0.3, 0.4) is 0 Å². The summed E-state index contributed by atoms with van der Waals surface area (Å²) in [5.41, 5.74) is 0.555. The Morgan fingerprint density at radius 1 is 1.30 bits per heavy atom. The number of aliphatic imine (C=N–C) groups is 1. The fourth-order valence-corrected chi connectivity index (χ4v) is 3.80. The van der Waals surface area contributed by atoms with Crippen LogP contribution in [0.25, 0.3) is 0 Å². The van der Waals surface area contributed by atoms with E-state index in [1.54, 1.807) is 17.2 Å². The van der Waals surface area contributed by atoms with E-state index in [1.807, 2.05) is 0 Å². The zero-order chi connectivity index (χ0) is 21.5. The first-order chi connectivity index (χ1) is 14.4. The molecule has 160 valence electrons. The number of likely N-dealkylation sites (tertiary alicyclic amines) is 1. The lowest BCUT2D eigenvalue weighted by atomic mass is 10.1. The van der Waals surface area contributed by atoms with Crippen molar-refractivity contribution in [3.63, 3.8) is 0 Å². The molecule has 1 aromatic heterocycles. The Labute approximate surface area is 177 Å². The highest BCUT2D eigenvalue weighted by molar-refractivity contribution is 7.13. The normalized spacial score (nSPS) is 18.9. The third-order valence-electron chi connectivity index (χ3n) is 4.62. The first-order valence-electron chi connectivity index (χ1n) is 9.67. The van der Waals surface area contributed by atoms with Gasteiger partial charge in [0, 0.05) is 36.8 Å². The van der Waals surface area contributed by atoms with Gasteiger partial charge in [-0.3, -0.25) is 14.4 Å². The molecule has 2 N–H and O–H groups in total. The van der Waals surface area contributed by atoms with Crippen molar-refractivity contribution in [1.29, 1.82) is 0 Å². The van der Waals surface area contributed by atoms with Gasteiger partial charge in [0.15, 0.2) is 5.13 Å². The van der Waals surface area contributed by atoms with Crippen molar-refractivity contribution in [2.45, 2.75) is 32.2 Å². The van der Waals surface area contributed by atoms with E-state index in [0.717, 1.165) is 0 Å². The Kier molecular flexibility index (Phi) is 7.28. The van der Waals surface area contributed by atoms with E-state index in [0.29, 0.717) is 43.4 Å². The van der Waals surface area contributed by atoms with Crippen LogP contribution in [0.4, 0.5) is 9.93 Å². The van der Waals surface area contributed by atoms with Gasteiger partial charge in [-0.15, -0.1) is 11.3 Å². The number of rotatable bonds is 6. The molecule has 3 rings (SSSR count). The molecule has 0 spiro atoms. The number of amides is 4. The summed E-state index contributed by atoms with van der Waals surface area (Å²) in [5.74, 6) is -1.53. The first kappa shape index (κ1) is 21.6. The second kappa shape index (κ2) is 10.1. The lowest BCUT2D eigenvalue weighted by molar-refractivity contribution is -0.121. The third kappa shape index (κ3) is 5.96. The van der Waals surface area contributed by atoms with E-state index in [1.165, 1.54) is 29.7 Å². The van der Waals surface area contributed by atoms with Crippen molar-refractivity contribution in [2.24, 2.45) is 10.9 Å². The van der Waals surface area contributed by atoms with Crippen LogP contribution >= 0.6 is 11.3 Å². The highest BCUT2D eigenvalue weighted by atomic mass is 32.1. The quantitative estimate of drug-likeness (QED) is 0.692. The molecule has 1 atom stereocenters. The van der Waals surface area contributed by atoms with E-state index in [-0.39, 0.29) is 30.4 Å². The molecular formula is C19H23N5O5S. The number of piperidine rings is 1. The summed E-state index contributed by atoms with van der Waals surface area (Å²) in [6, 6.07) is 0.000992. The number of anilines is 1. The number of aromatic nitrogens is 1. The van der Waals surface area contributed by atoms with E-state index in [2.05, 4.69) is 20.6 Å². The maximum Gasteiger partial charge on any atom is 0.409 e. The molecule has 0 radical (unpaired) electrons. The highest BCUT2D eigenvalue weighted by Crippen LogP contribution is 2.18. The number of nitrogens with one attached hydrogen (secondary N) is 2. The van der Waals surface area contributed by atoms with Gasteiger partial charge in [-0.2, -0.15) is 0 Å². The molecule has 1 fully saturated rings. The van der Waals surface area contributed by atoms with Crippen LogP contribution in [0.2, 0.25) is 0 Å². The molecule has 0 aliphatic carbocycles. The zero-order valence-electron chi connectivity index (χ0n) is 16.5. The van der Waals surface area contributed by atoms with Gasteiger partial charge in [-0.05, 0) is 19.8 Å². The summed E-state index contributed by atoms with van der Waals surface area (Å²) < 4.78 is 4.99. The van der Waals surface area contributed by atoms with E-state index >= 15 is 0 Å². The lowest BCUT2D eigenvalue weighted by Gasteiger charge is -2.31. The molecule has 0 aromatic carbocycles. The minimum absolute atomic E-state index is 0.000992. The topological polar surface area (TPSA) is 130 Å². The predicted molar refractivity (Wildman–Crippen MR) is 110 cm³/mol. The Hall–Kier alpha value is -3.08. The van der Waals surface area contributed by atoms with Crippen molar-refractivity contribution in [2.75, 3.05) is 25.0 Å². The predicted octanol–water partition coefficient (Wildman–Crippen LogP) is 1.14. The Morgan fingerprint density at radius 3 is 2.73 bits per heavy atom. The Balaban J connectivity index is 1.42. The number of hydrogen-bond acceptors (Lipinski definition) is 7. The van der Waals surface area contributed by atoms with Gasteiger partial charge in [-0.25, -0.2) is 14.8 Å². The average molecular weight is 433 g/mol. The van der Waals surface area contributed by atoms with E-state index < -0.39 is 11.8 Å². The van der Waals surface area contributed by atoms with Crippen molar-refractivity contribution in [1.82, 2.24) is 15.2 Å². The molecule has 11 heteroatoms. The monoisotopic (exact) mass is 433 g/mol. The summed E-state index contributed by atoms with van der Waals surface area (Å²) in [5, 5.41) is 7.72. The fraction of sp³-hybridized carbons (Fsp3) is 0.474. The van der Waals surface area contributed by atoms with E-state index in [4.69, 9.17) is 4.74 Å². The largest absolute Gasteiger partial charge is 0.450 e. The number of carbonyl (C=O) groups is 4. The fourth-order valence-electron chi connectivity index (χ4n) is 3.09. The summed E-state index contributed by atoms with van der Waals surface area (Å²) in [6.45, 7) is 3.20. The molecule has 1 saturated heterocycles. The van der Waals surface area contributed by atoms with Crippen LogP contribution in [0.1, 0.15) is 25.5 Å². The van der Waals surface area contributed by atoms with Gasteiger partial charge < -0.3 is 20.3 Å². The molecule has 2 aliphatic rings. The molecule has 1 aromatic rings. The van der Waals surface area contributed by atoms with Gasteiger partial charge in [-0.1, -0.05) is 6.08 Å². The van der Waals surface area contributed by atoms with Gasteiger partial charge in [0.2, 0.25) is 11.8 Å². The Morgan fingerprint density at radius 2 is 2.07 bits per heavy atom. The molecular weight excluding hydrogens is 410 g/mol. The molecule has 2 aliphatic heterocycles. The van der Waals surface area contributed by atoms with Gasteiger partial charge in [0.05, 0.1) is 24.6 Å². The summed E-state index contributed by atoms with van der Waals surface area (Å²) in [6.07, 6.45) is 5.13. The van der Waals surface area contributed by atoms with Crippen LogP contribution in [-0.2, 0) is 25.5 Å². The second-order valence-corrected chi connectivity index (χ2v) is 7.70. The first-order valence-corrected chi connectivity index (χ1v) is 10.5. The third-order valence-corrected chi connectivity index (χ3v) is 5.43. The molecule has 3 heterocycles. The summed E-state index contributed by atoms with van der Waals surface area (Å²) >= 11 is 1.22. The summed E-state index contributed by atoms with van der Waals surface area (Å²) in [4.78, 5) is 56.7. The maximum absolute atomic E-state index is 12.3. The van der Waals surface area contributed by atoms with Crippen LogP contribution < -0.4 is 10.6 Å². The SMILES string of the molecule is CCOC(=O)N1CCC(NC(=O)Cc2csc(NC(=O)C3C=CC(=O)N=C3)n2)CC1. The number of ether oxygens (including phenoxy) is 1. The number of carbonyl (C=O) groups excluding carboxylic acids is 4. The minimum atomic E-state index is -0.626. The lowest BCUT2D eigenvalue weighted by Crippen LogP contribution is -2.47. The molecule has 10 nitrogen and oxygen atoms in total. The molecule has 0 bridgehead atoms. The number of dihydropyridines is 1. The Bertz CT molecular complexity index is 856. The molecule has 1 unspecified atom stereocenters. The minimum Gasteiger partial charge on any atom is -0.450 e. The van der Waals surface area contributed by atoms with Crippen LogP contribution in [0.15, 0.2) is 22.5 Å². The van der Waals surface area contributed by atoms with Crippen molar-refractivity contribution in [3.8, 4) is 0 Å². The van der Waals surface area contributed by atoms with Gasteiger partial charge in [0.25, 0.3) is 5.91 Å². The number of hydrogen-bond donors (Lipinski definition) is 2.